The van der Waals surface area contributed by atoms with Gasteiger partial charge in [0.05, 0.1) is 13.7 Å². The highest BCUT2D eigenvalue weighted by atomic mass is 16.5. The minimum atomic E-state index is -0.222. The van der Waals surface area contributed by atoms with Crippen molar-refractivity contribution >= 4 is 11.9 Å². The van der Waals surface area contributed by atoms with Crippen LogP contribution in [0, 0.1) is 6.42 Å². The summed E-state index contributed by atoms with van der Waals surface area (Å²) < 4.78 is 9.37. The molecular formula is C11H19O4. The lowest BCUT2D eigenvalue weighted by Gasteiger charge is -2.02. The zero-order valence-electron chi connectivity index (χ0n) is 9.45. The molecule has 0 fully saturated rings. The van der Waals surface area contributed by atoms with Crippen molar-refractivity contribution < 1.29 is 19.1 Å². The zero-order chi connectivity index (χ0) is 11.5. The Kier molecular flexibility index (Phi) is 8.82. The molecule has 0 bridgehead atoms. The number of ether oxygens (including phenoxy) is 2. The van der Waals surface area contributed by atoms with Gasteiger partial charge in [-0.15, -0.1) is 0 Å². The van der Waals surface area contributed by atoms with E-state index in [1.54, 1.807) is 0 Å². The maximum atomic E-state index is 11.0. The van der Waals surface area contributed by atoms with E-state index >= 15 is 0 Å². The second-order valence-electron chi connectivity index (χ2n) is 3.16. The summed E-state index contributed by atoms with van der Waals surface area (Å²) in [6.07, 6.45) is 4.82. The molecule has 0 saturated heterocycles. The third-order valence-electron chi connectivity index (χ3n) is 1.80. The highest BCUT2D eigenvalue weighted by Gasteiger charge is 2.03. The van der Waals surface area contributed by atoms with Crippen LogP contribution in [0.4, 0.5) is 0 Å². The largest absolute Gasteiger partial charge is 0.469 e. The van der Waals surface area contributed by atoms with Gasteiger partial charge in [0.1, 0.15) is 0 Å². The zero-order valence-corrected chi connectivity index (χ0v) is 9.45. The summed E-state index contributed by atoms with van der Waals surface area (Å²) in [6.45, 7) is 2.44. The molecule has 0 saturated carbocycles. The Bertz CT molecular complexity index is 189. The fraction of sp³-hybridized carbons (Fsp3) is 0.727. The van der Waals surface area contributed by atoms with E-state index in [1.165, 1.54) is 7.11 Å². The first-order valence-electron chi connectivity index (χ1n) is 5.24. The number of rotatable bonds is 8. The van der Waals surface area contributed by atoms with Gasteiger partial charge >= 0.3 is 11.9 Å². The molecule has 87 valence electrons. The Balaban J connectivity index is 3.23. The molecule has 0 atom stereocenters. The van der Waals surface area contributed by atoms with Crippen LogP contribution in [0.15, 0.2) is 0 Å². The lowest BCUT2D eigenvalue weighted by atomic mass is 10.1. The first-order valence-corrected chi connectivity index (χ1v) is 5.24. The van der Waals surface area contributed by atoms with E-state index in [2.05, 4.69) is 4.74 Å². The lowest BCUT2D eigenvalue weighted by molar-refractivity contribution is -0.143. The number of carbonyl (C=O) groups excluding carboxylic acids is 2. The van der Waals surface area contributed by atoms with E-state index in [-0.39, 0.29) is 11.9 Å². The number of carbonyl (C=O) groups is 2. The van der Waals surface area contributed by atoms with Crippen LogP contribution in [0.5, 0.6) is 0 Å². The summed E-state index contributed by atoms with van der Waals surface area (Å²) >= 11 is 0. The predicted octanol–water partition coefficient (Wildman–Crippen LogP) is 1.88. The predicted molar refractivity (Wildman–Crippen MR) is 56.0 cm³/mol. The summed E-state index contributed by atoms with van der Waals surface area (Å²) in [5.41, 5.74) is 0. The molecule has 4 heteroatoms. The Morgan fingerprint density at radius 3 is 2.27 bits per heavy atom. The van der Waals surface area contributed by atoms with Crippen molar-refractivity contribution in [2.24, 2.45) is 0 Å². The van der Waals surface area contributed by atoms with E-state index < -0.39 is 0 Å². The average Bonchev–Trinajstić information content (AvgIpc) is 2.25. The Hall–Kier alpha value is -1.06. The van der Waals surface area contributed by atoms with Gasteiger partial charge in [0.15, 0.2) is 0 Å². The normalized spacial score (nSPS) is 9.73. The van der Waals surface area contributed by atoms with Crippen LogP contribution >= 0.6 is 0 Å². The van der Waals surface area contributed by atoms with Crippen molar-refractivity contribution in [3.63, 3.8) is 0 Å². The van der Waals surface area contributed by atoms with Gasteiger partial charge in [0.25, 0.3) is 0 Å². The molecule has 0 spiro atoms. The topological polar surface area (TPSA) is 52.6 Å². The molecule has 0 heterocycles. The lowest BCUT2D eigenvalue weighted by Crippen LogP contribution is -2.05. The standard InChI is InChI=1S/C11H19O4/c1-3-9-15-11(13)8-6-4-5-7-10(12)14-2/h4H,3,5-9H2,1-2H3. The quantitative estimate of drug-likeness (QED) is 0.458. The molecule has 0 unspecified atom stereocenters. The molecule has 15 heavy (non-hydrogen) atoms. The van der Waals surface area contributed by atoms with Gasteiger partial charge in [-0.1, -0.05) is 6.92 Å². The molecule has 0 aliphatic heterocycles. The molecule has 0 amide bonds. The summed E-state index contributed by atoms with van der Waals surface area (Å²) in [4.78, 5) is 21.7. The summed E-state index contributed by atoms with van der Waals surface area (Å²) in [7, 11) is 1.37. The van der Waals surface area contributed by atoms with Crippen LogP contribution in [-0.4, -0.2) is 25.7 Å². The van der Waals surface area contributed by atoms with Gasteiger partial charge in [-0.05, 0) is 25.7 Å². The van der Waals surface area contributed by atoms with Gasteiger partial charge in [0, 0.05) is 12.8 Å². The molecule has 1 radical (unpaired) electrons. The average molecular weight is 215 g/mol. The van der Waals surface area contributed by atoms with E-state index in [9.17, 15) is 9.59 Å². The van der Waals surface area contributed by atoms with Crippen molar-refractivity contribution in [2.75, 3.05) is 13.7 Å². The molecule has 0 N–H and O–H groups in total. The van der Waals surface area contributed by atoms with Gasteiger partial charge in [0.2, 0.25) is 0 Å². The van der Waals surface area contributed by atoms with Crippen molar-refractivity contribution in [3.05, 3.63) is 6.42 Å². The SMILES string of the molecule is CCCOC(=O)CC[CH]CCC(=O)OC. The van der Waals surface area contributed by atoms with E-state index in [0.29, 0.717) is 32.3 Å². The van der Waals surface area contributed by atoms with Crippen molar-refractivity contribution in [3.8, 4) is 0 Å². The maximum absolute atomic E-state index is 11.0. The first-order chi connectivity index (χ1) is 7.20. The van der Waals surface area contributed by atoms with Gasteiger partial charge in [-0.3, -0.25) is 9.59 Å². The number of unbranched alkanes of at least 4 members (excludes halogenated alkanes) is 2. The van der Waals surface area contributed by atoms with Crippen LogP contribution in [0.3, 0.4) is 0 Å². The van der Waals surface area contributed by atoms with Crippen molar-refractivity contribution in [1.29, 1.82) is 0 Å². The molecule has 0 aliphatic rings. The van der Waals surface area contributed by atoms with Crippen molar-refractivity contribution in [2.45, 2.75) is 39.0 Å². The Morgan fingerprint density at radius 2 is 1.73 bits per heavy atom. The first kappa shape index (κ1) is 13.9. The second-order valence-corrected chi connectivity index (χ2v) is 3.16. The fourth-order valence-electron chi connectivity index (χ4n) is 0.974. The second kappa shape index (κ2) is 9.49. The smallest absolute Gasteiger partial charge is 0.305 e. The van der Waals surface area contributed by atoms with Crippen LogP contribution in [0.1, 0.15) is 39.0 Å². The molecular weight excluding hydrogens is 196 g/mol. The summed E-state index contributed by atoms with van der Waals surface area (Å²) in [5.74, 6) is -0.397. The Morgan fingerprint density at radius 1 is 1.13 bits per heavy atom. The van der Waals surface area contributed by atoms with E-state index in [0.717, 1.165) is 6.42 Å². The van der Waals surface area contributed by atoms with Gasteiger partial charge < -0.3 is 9.47 Å². The number of hydrogen-bond acceptors (Lipinski definition) is 4. The fourth-order valence-corrected chi connectivity index (χ4v) is 0.974. The van der Waals surface area contributed by atoms with Gasteiger partial charge in [-0.2, -0.15) is 0 Å². The monoisotopic (exact) mass is 215 g/mol. The van der Waals surface area contributed by atoms with Crippen LogP contribution in [-0.2, 0) is 19.1 Å². The third-order valence-corrected chi connectivity index (χ3v) is 1.80. The number of hydrogen-bond donors (Lipinski definition) is 0. The summed E-state index contributed by atoms with van der Waals surface area (Å²) in [5, 5.41) is 0. The molecule has 0 aliphatic carbocycles. The van der Waals surface area contributed by atoms with Crippen LogP contribution in [0.2, 0.25) is 0 Å². The van der Waals surface area contributed by atoms with Crippen LogP contribution in [0.25, 0.3) is 0 Å². The minimum absolute atomic E-state index is 0.175. The van der Waals surface area contributed by atoms with E-state index in [4.69, 9.17) is 4.74 Å². The van der Waals surface area contributed by atoms with Crippen LogP contribution < -0.4 is 0 Å². The number of esters is 2. The maximum Gasteiger partial charge on any atom is 0.305 e. The molecule has 4 nitrogen and oxygen atoms in total. The minimum Gasteiger partial charge on any atom is -0.469 e. The van der Waals surface area contributed by atoms with Gasteiger partial charge in [-0.25, -0.2) is 0 Å². The van der Waals surface area contributed by atoms with E-state index in [1.807, 2.05) is 13.3 Å². The highest BCUT2D eigenvalue weighted by molar-refractivity contribution is 5.70. The molecule has 0 rings (SSSR count). The molecule has 0 aromatic carbocycles. The molecule has 0 aromatic heterocycles. The summed E-state index contributed by atoms with van der Waals surface area (Å²) in [6, 6.07) is 0. The third kappa shape index (κ3) is 9.25. The molecule has 0 aromatic rings. The Labute approximate surface area is 90.9 Å². The van der Waals surface area contributed by atoms with Crippen molar-refractivity contribution in [1.82, 2.24) is 0 Å². The highest BCUT2D eigenvalue weighted by Crippen LogP contribution is 2.03. The number of methoxy groups -OCH3 is 1.